The van der Waals surface area contributed by atoms with Crippen LogP contribution in [0.3, 0.4) is 0 Å². The number of aliphatic hydroxyl groups excluding tert-OH is 2. The molecule has 0 aromatic heterocycles. The predicted molar refractivity (Wildman–Crippen MR) is 95.9 cm³/mol. The molecule has 0 radical (unpaired) electrons. The summed E-state index contributed by atoms with van der Waals surface area (Å²) in [7, 11) is 0. The van der Waals surface area contributed by atoms with Crippen LogP contribution in [0.1, 0.15) is 13.3 Å². The molecule has 0 heterocycles. The summed E-state index contributed by atoms with van der Waals surface area (Å²) in [4.78, 5) is 37.3. The second-order valence-electron chi connectivity index (χ2n) is 3.71. The van der Waals surface area contributed by atoms with Gasteiger partial charge in [0.25, 0.3) is 0 Å². The van der Waals surface area contributed by atoms with Crippen molar-refractivity contribution < 1.29 is 54.9 Å². The molecule has 0 aliphatic carbocycles. The van der Waals surface area contributed by atoms with Gasteiger partial charge in [0.2, 0.25) is 0 Å². The van der Waals surface area contributed by atoms with Crippen molar-refractivity contribution in [3.05, 3.63) is 50.1 Å². The Bertz CT molecular complexity index is 424. The van der Waals surface area contributed by atoms with Gasteiger partial charge in [-0.05, 0) is 6.92 Å². The second kappa shape index (κ2) is 27.6. The Morgan fingerprint density at radius 1 is 0.815 bits per heavy atom. The highest BCUT2D eigenvalue weighted by Crippen LogP contribution is 1.81. The first-order valence-electron chi connectivity index (χ1n) is 6.65. The van der Waals surface area contributed by atoms with Gasteiger partial charge in [0.05, 0.1) is 0 Å². The van der Waals surface area contributed by atoms with Crippen LogP contribution in [0.15, 0.2) is 50.1 Å². The van der Waals surface area contributed by atoms with Crippen molar-refractivity contribution in [1.82, 2.24) is 0 Å². The molecule has 156 valence electrons. The van der Waals surface area contributed by atoms with Gasteiger partial charge in [0.15, 0.2) is 6.29 Å². The van der Waals surface area contributed by atoms with E-state index in [4.69, 9.17) is 35.7 Å². The first-order chi connectivity index (χ1) is 12.2. The molecule has 0 fully saturated rings. The summed E-state index contributed by atoms with van der Waals surface area (Å²) >= 11 is 0. The molecule has 27 heavy (non-hydrogen) atoms. The summed E-state index contributed by atoms with van der Waals surface area (Å²) in [6.45, 7) is 13.3. The van der Waals surface area contributed by atoms with Crippen LogP contribution in [0.4, 0.5) is 0 Å². The SMILES string of the molecule is C=C(C)C(=O)O.C=CC(=O)O.C=CC(=O)O.C=CC(=O)O.OCCC(O)O. The van der Waals surface area contributed by atoms with Crippen molar-refractivity contribution in [2.24, 2.45) is 0 Å². The van der Waals surface area contributed by atoms with Crippen LogP contribution in [-0.2, 0) is 19.2 Å². The van der Waals surface area contributed by atoms with Crippen LogP contribution in [0.5, 0.6) is 0 Å². The van der Waals surface area contributed by atoms with E-state index in [2.05, 4.69) is 26.3 Å². The van der Waals surface area contributed by atoms with E-state index in [1.807, 2.05) is 0 Å². The van der Waals surface area contributed by atoms with Gasteiger partial charge >= 0.3 is 23.9 Å². The fourth-order valence-corrected chi connectivity index (χ4v) is 0.115. The molecule has 0 atom stereocenters. The third kappa shape index (κ3) is 103. The Morgan fingerprint density at radius 3 is 1.00 bits per heavy atom. The fraction of sp³-hybridized carbons (Fsp3) is 0.250. The quantitative estimate of drug-likeness (QED) is 0.237. The van der Waals surface area contributed by atoms with E-state index in [1.54, 1.807) is 0 Å². The number of aliphatic hydroxyl groups is 3. The van der Waals surface area contributed by atoms with Gasteiger partial charge in [0.1, 0.15) is 0 Å². The molecule has 0 amide bonds. The number of hydrogen-bond acceptors (Lipinski definition) is 7. The van der Waals surface area contributed by atoms with Crippen molar-refractivity contribution in [1.29, 1.82) is 0 Å². The number of carboxylic acids is 4. The number of hydrogen-bond donors (Lipinski definition) is 7. The molecule has 0 aromatic rings. The highest BCUT2D eigenvalue weighted by Gasteiger charge is 1.90. The highest BCUT2D eigenvalue weighted by molar-refractivity contribution is 5.84. The van der Waals surface area contributed by atoms with Crippen molar-refractivity contribution in [3.63, 3.8) is 0 Å². The molecule has 0 aromatic carbocycles. The summed E-state index contributed by atoms with van der Waals surface area (Å²) in [6.07, 6.45) is 1.19. The van der Waals surface area contributed by atoms with Gasteiger partial charge in [-0.25, -0.2) is 19.2 Å². The van der Waals surface area contributed by atoms with Crippen LogP contribution in [0.25, 0.3) is 0 Å². The summed E-state index contributed by atoms with van der Waals surface area (Å²) in [5.41, 5.74) is 0.176. The van der Waals surface area contributed by atoms with Crippen LogP contribution in [0.2, 0.25) is 0 Å². The van der Waals surface area contributed by atoms with Crippen LogP contribution >= 0.6 is 0 Å². The average Bonchev–Trinajstić information content (AvgIpc) is 2.56. The number of aliphatic carboxylic acids is 4. The molecule has 0 saturated carbocycles. The van der Waals surface area contributed by atoms with Gasteiger partial charge in [-0.3, -0.25) is 0 Å². The number of carboxylic acid groups (broad SMARTS) is 4. The Balaban J connectivity index is -0.0000000749. The molecule has 11 nitrogen and oxygen atoms in total. The average molecular weight is 394 g/mol. The van der Waals surface area contributed by atoms with Gasteiger partial charge in [-0.1, -0.05) is 26.3 Å². The zero-order valence-electron chi connectivity index (χ0n) is 14.8. The zero-order chi connectivity index (χ0) is 23.0. The van der Waals surface area contributed by atoms with E-state index in [9.17, 15) is 19.2 Å². The van der Waals surface area contributed by atoms with E-state index in [0.717, 1.165) is 18.2 Å². The maximum atomic E-state index is 9.60. The lowest BCUT2D eigenvalue weighted by Gasteiger charge is -1.94. The molecule has 0 aliphatic heterocycles. The zero-order valence-corrected chi connectivity index (χ0v) is 14.8. The minimum atomic E-state index is -1.35. The van der Waals surface area contributed by atoms with Crippen molar-refractivity contribution in [2.75, 3.05) is 6.61 Å². The molecule has 0 saturated heterocycles. The van der Waals surface area contributed by atoms with Gasteiger partial charge in [-0.2, -0.15) is 0 Å². The van der Waals surface area contributed by atoms with E-state index >= 15 is 0 Å². The molecule has 0 spiro atoms. The van der Waals surface area contributed by atoms with Gasteiger partial charge in [0, 0.05) is 36.8 Å². The molecular weight excluding hydrogens is 368 g/mol. The maximum Gasteiger partial charge on any atom is 0.330 e. The first-order valence-corrected chi connectivity index (χ1v) is 6.65. The smallest absolute Gasteiger partial charge is 0.330 e. The third-order valence-electron chi connectivity index (χ3n) is 1.28. The number of rotatable bonds is 6. The molecular formula is C16H26O11. The number of carbonyl (C=O) groups is 4. The topological polar surface area (TPSA) is 210 Å². The van der Waals surface area contributed by atoms with E-state index < -0.39 is 30.2 Å². The molecule has 0 aliphatic rings. The third-order valence-corrected chi connectivity index (χ3v) is 1.28. The minimum Gasteiger partial charge on any atom is -0.478 e. The van der Waals surface area contributed by atoms with Gasteiger partial charge < -0.3 is 35.7 Å². The monoisotopic (exact) mass is 394 g/mol. The first kappa shape index (κ1) is 34.9. The Kier molecular flexibility index (Phi) is 35.7. The predicted octanol–water partition coefficient (Wildman–Crippen LogP) is 0.0976. The van der Waals surface area contributed by atoms with Gasteiger partial charge in [-0.15, -0.1) is 0 Å². The van der Waals surface area contributed by atoms with Crippen LogP contribution in [0, 0.1) is 0 Å². The lowest BCUT2D eigenvalue weighted by Crippen LogP contribution is -2.05. The Hall–Kier alpha value is -3.28. The van der Waals surface area contributed by atoms with Crippen molar-refractivity contribution >= 4 is 23.9 Å². The molecule has 7 N–H and O–H groups in total. The highest BCUT2D eigenvalue weighted by atomic mass is 16.5. The minimum absolute atomic E-state index is 0.0417. The molecule has 0 unspecified atom stereocenters. The van der Waals surface area contributed by atoms with Crippen molar-refractivity contribution in [2.45, 2.75) is 19.6 Å². The normalized spacial score (nSPS) is 7.44. The van der Waals surface area contributed by atoms with E-state index in [0.29, 0.717) is 0 Å². The lowest BCUT2D eigenvalue weighted by atomic mass is 10.4. The van der Waals surface area contributed by atoms with E-state index in [1.165, 1.54) is 6.92 Å². The maximum absolute atomic E-state index is 9.60. The fourth-order valence-electron chi connectivity index (χ4n) is 0.115. The summed E-state index contributed by atoms with van der Waals surface area (Å²) in [5, 5.41) is 54.5. The Morgan fingerprint density at radius 2 is 1.00 bits per heavy atom. The van der Waals surface area contributed by atoms with Crippen LogP contribution in [-0.4, -0.2) is 72.5 Å². The summed E-state index contributed by atoms with van der Waals surface area (Å²) in [6, 6.07) is 0. The second-order valence-corrected chi connectivity index (χ2v) is 3.71. The Labute approximate surface area is 156 Å². The molecule has 0 rings (SSSR count). The van der Waals surface area contributed by atoms with E-state index in [-0.39, 0.29) is 18.6 Å². The van der Waals surface area contributed by atoms with Crippen LogP contribution < -0.4 is 0 Å². The largest absolute Gasteiger partial charge is 0.478 e. The molecule has 0 bridgehead atoms. The molecule has 11 heteroatoms. The summed E-state index contributed by atoms with van der Waals surface area (Å²) < 4.78 is 0. The van der Waals surface area contributed by atoms with Crippen molar-refractivity contribution in [3.8, 4) is 0 Å². The summed E-state index contributed by atoms with van der Waals surface area (Å²) in [5.74, 6) is -3.88. The standard InChI is InChI=1S/C4H6O2.C3H8O3.3C3H4O2/c1-3(2)4(5)6;4-2-1-3(5)6;3*1-2-3(4)5/h1H2,2H3,(H,5,6);3-6H,1-2H2;3*2H,1H2,(H,4,5). The lowest BCUT2D eigenvalue weighted by molar-refractivity contribution is -0.133.